The average Bonchev–Trinajstić information content (AvgIpc) is 3.12. The predicted molar refractivity (Wildman–Crippen MR) is 96.4 cm³/mol. The smallest absolute Gasteiger partial charge is 0.238 e. The molecule has 1 atom stereocenters. The Morgan fingerprint density at radius 1 is 1.38 bits per heavy atom. The van der Waals surface area contributed by atoms with Gasteiger partial charge in [0, 0.05) is 26.6 Å². The van der Waals surface area contributed by atoms with Gasteiger partial charge in [0.25, 0.3) is 0 Å². The van der Waals surface area contributed by atoms with Gasteiger partial charge in [-0.15, -0.1) is 0 Å². The number of carbonyl (C=O) groups is 2. The molecule has 136 valence electrons. The second-order valence-corrected chi connectivity index (χ2v) is 7.16. The van der Waals surface area contributed by atoms with Crippen LogP contribution in [0.4, 0.5) is 5.69 Å². The van der Waals surface area contributed by atoms with Gasteiger partial charge < -0.3 is 10.1 Å². The van der Waals surface area contributed by atoms with E-state index in [-0.39, 0.29) is 18.2 Å². The van der Waals surface area contributed by atoms with E-state index in [1.54, 1.807) is 16.9 Å². The maximum absolute atomic E-state index is 12.5. The number of ketones is 1. The lowest BCUT2D eigenvalue weighted by atomic mass is 9.89. The zero-order chi connectivity index (χ0) is 18.3. The van der Waals surface area contributed by atoms with E-state index >= 15 is 0 Å². The Morgan fingerprint density at radius 3 is 2.96 bits per heavy atom. The van der Waals surface area contributed by atoms with Crippen LogP contribution in [0.15, 0.2) is 30.5 Å². The van der Waals surface area contributed by atoms with E-state index in [0.717, 1.165) is 24.3 Å². The number of benzene rings is 1. The van der Waals surface area contributed by atoms with Gasteiger partial charge in [0.1, 0.15) is 11.4 Å². The maximum Gasteiger partial charge on any atom is 0.238 e. The van der Waals surface area contributed by atoms with Crippen molar-refractivity contribution in [2.45, 2.75) is 25.4 Å². The van der Waals surface area contributed by atoms with E-state index in [1.165, 1.54) is 0 Å². The number of carbonyl (C=O) groups excluding carboxylic acids is 2. The van der Waals surface area contributed by atoms with E-state index in [0.29, 0.717) is 24.3 Å². The molecule has 1 N–H and O–H groups in total. The summed E-state index contributed by atoms with van der Waals surface area (Å²) in [4.78, 5) is 26.9. The molecule has 2 aromatic rings. The van der Waals surface area contributed by atoms with Crippen molar-refractivity contribution in [1.29, 1.82) is 0 Å². The van der Waals surface area contributed by atoms with Gasteiger partial charge >= 0.3 is 0 Å². The first-order valence-corrected chi connectivity index (χ1v) is 8.78. The second-order valence-electron chi connectivity index (χ2n) is 7.16. The molecular formula is C19H22N4O3. The number of nitrogens with one attached hydrogen (secondary N) is 1. The Kier molecular flexibility index (Phi) is 4.03. The third kappa shape index (κ3) is 2.99. The quantitative estimate of drug-likeness (QED) is 0.909. The van der Waals surface area contributed by atoms with E-state index in [9.17, 15) is 9.59 Å². The minimum atomic E-state index is -0.518. The number of fused-ring (bicyclic) bond motifs is 1. The summed E-state index contributed by atoms with van der Waals surface area (Å²) < 4.78 is 7.92. The van der Waals surface area contributed by atoms with Gasteiger partial charge in [-0.3, -0.25) is 19.2 Å². The summed E-state index contributed by atoms with van der Waals surface area (Å²) in [7, 11) is 1.84. The fourth-order valence-corrected chi connectivity index (χ4v) is 3.75. The summed E-state index contributed by atoms with van der Waals surface area (Å²) in [6, 6.07) is 7.38. The van der Waals surface area contributed by atoms with Crippen molar-refractivity contribution in [3.05, 3.63) is 41.7 Å². The number of likely N-dealkylation sites (tertiary alicyclic amines) is 1. The van der Waals surface area contributed by atoms with Crippen molar-refractivity contribution in [3.8, 4) is 5.75 Å². The van der Waals surface area contributed by atoms with Gasteiger partial charge in [-0.1, -0.05) is 12.1 Å². The van der Waals surface area contributed by atoms with Crippen LogP contribution < -0.4 is 10.1 Å². The number of amides is 1. The lowest BCUT2D eigenvalue weighted by Gasteiger charge is -2.34. The molecule has 0 aliphatic carbocycles. The van der Waals surface area contributed by atoms with Crippen LogP contribution in [-0.4, -0.2) is 51.6 Å². The van der Waals surface area contributed by atoms with Crippen LogP contribution in [0.1, 0.15) is 28.9 Å². The van der Waals surface area contributed by atoms with Crippen molar-refractivity contribution in [2.75, 3.05) is 25.0 Å². The van der Waals surface area contributed by atoms with Crippen molar-refractivity contribution in [3.63, 3.8) is 0 Å². The molecule has 26 heavy (non-hydrogen) atoms. The molecule has 0 bridgehead atoms. The van der Waals surface area contributed by atoms with E-state index in [1.807, 2.05) is 37.1 Å². The van der Waals surface area contributed by atoms with Crippen molar-refractivity contribution >= 4 is 17.4 Å². The van der Waals surface area contributed by atoms with Crippen LogP contribution in [0.3, 0.4) is 0 Å². The van der Waals surface area contributed by atoms with Crippen LogP contribution in [0.2, 0.25) is 0 Å². The Balaban J connectivity index is 1.40. The largest absolute Gasteiger partial charge is 0.485 e. The minimum Gasteiger partial charge on any atom is -0.485 e. The lowest BCUT2D eigenvalue weighted by Crippen LogP contribution is -2.45. The summed E-state index contributed by atoms with van der Waals surface area (Å²) in [5.41, 5.74) is 1.77. The third-order valence-corrected chi connectivity index (χ3v) is 5.27. The Bertz CT molecular complexity index is 875. The number of hydrogen-bond acceptors (Lipinski definition) is 5. The molecule has 1 amide bonds. The fraction of sp³-hybridized carbons (Fsp3) is 0.421. The first-order chi connectivity index (χ1) is 12.5. The number of aromatic nitrogens is 2. The lowest BCUT2D eigenvalue weighted by molar-refractivity contribution is -0.117. The normalized spacial score (nSPS) is 22.3. The first kappa shape index (κ1) is 16.8. The number of rotatable bonds is 3. The zero-order valence-electron chi connectivity index (χ0n) is 15.0. The van der Waals surface area contributed by atoms with Crippen LogP contribution in [0.5, 0.6) is 5.75 Å². The van der Waals surface area contributed by atoms with Crippen molar-refractivity contribution in [2.24, 2.45) is 7.05 Å². The molecule has 1 fully saturated rings. The highest BCUT2D eigenvalue weighted by atomic mass is 16.5. The van der Waals surface area contributed by atoms with Gasteiger partial charge in [-0.2, -0.15) is 5.10 Å². The van der Waals surface area contributed by atoms with Crippen molar-refractivity contribution < 1.29 is 14.3 Å². The zero-order valence-corrected chi connectivity index (χ0v) is 15.0. The van der Waals surface area contributed by atoms with Gasteiger partial charge in [-0.05, 0) is 19.1 Å². The van der Waals surface area contributed by atoms with Crippen LogP contribution in [0.25, 0.3) is 0 Å². The Morgan fingerprint density at radius 2 is 2.19 bits per heavy atom. The summed E-state index contributed by atoms with van der Waals surface area (Å²) in [6.07, 6.45) is 2.76. The molecule has 1 aromatic carbocycles. The highest BCUT2D eigenvalue weighted by molar-refractivity contribution is 6.00. The number of Topliss-reactive ketones (excluding diaryl/α,β-unsaturated/α-hetero) is 1. The van der Waals surface area contributed by atoms with Gasteiger partial charge in [0.15, 0.2) is 5.78 Å². The highest BCUT2D eigenvalue weighted by Gasteiger charge is 2.45. The summed E-state index contributed by atoms with van der Waals surface area (Å²) in [5.74, 6) is 0.686. The highest BCUT2D eigenvalue weighted by Crippen LogP contribution is 2.38. The molecule has 4 rings (SSSR count). The predicted octanol–water partition coefficient (Wildman–Crippen LogP) is 1.78. The summed E-state index contributed by atoms with van der Waals surface area (Å²) >= 11 is 0. The summed E-state index contributed by atoms with van der Waals surface area (Å²) in [6.45, 7) is 3.49. The van der Waals surface area contributed by atoms with E-state index < -0.39 is 5.60 Å². The van der Waals surface area contributed by atoms with E-state index in [2.05, 4.69) is 10.4 Å². The second kappa shape index (κ2) is 6.25. The molecule has 7 heteroatoms. The van der Waals surface area contributed by atoms with Gasteiger partial charge in [0.05, 0.1) is 36.1 Å². The first-order valence-electron chi connectivity index (χ1n) is 8.78. The minimum absolute atomic E-state index is 0.0827. The Hall–Kier alpha value is -2.67. The average molecular weight is 354 g/mol. The molecule has 2 aliphatic heterocycles. The molecular weight excluding hydrogens is 332 g/mol. The topological polar surface area (TPSA) is 76.5 Å². The molecule has 0 radical (unpaired) electrons. The van der Waals surface area contributed by atoms with Crippen molar-refractivity contribution in [1.82, 2.24) is 14.7 Å². The number of hydrogen-bond donors (Lipinski definition) is 1. The van der Waals surface area contributed by atoms with Crippen LogP contribution >= 0.6 is 0 Å². The standard InChI is InChI=1S/C19H22N4O3/c1-13-15(10-20-22(13)2)21-18(25)11-23-8-7-19(12-23)9-16(24)14-5-3-4-6-17(14)26-19/h3-6,10H,7-9,11-12H2,1-2H3,(H,21,25)/t19-/m0/s1. The van der Waals surface area contributed by atoms with E-state index in [4.69, 9.17) is 4.74 Å². The number of aryl methyl sites for hydroxylation is 1. The fourth-order valence-electron chi connectivity index (χ4n) is 3.75. The number of nitrogens with zero attached hydrogens (tertiary/aromatic N) is 3. The number of ether oxygens (including phenoxy) is 1. The SMILES string of the molecule is Cc1c(NC(=O)CN2CC[C@]3(CC(=O)c4ccccc4O3)C2)cnn1C. The molecule has 0 unspecified atom stereocenters. The van der Waals surface area contributed by atoms with Crippen LogP contribution in [-0.2, 0) is 11.8 Å². The third-order valence-electron chi connectivity index (χ3n) is 5.27. The van der Waals surface area contributed by atoms with Gasteiger partial charge in [-0.25, -0.2) is 0 Å². The molecule has 2 aliphatic rings. The molecule has 1 aromatic heterocycles. The molecule has 0 saturated carbocycles. The molecule has 3 heterocycles. The number of anilines is 1. The molecule has 7 nitrogen and oxygen atoms in total. The van der Waals surface area contributed by atoms with Crippen LogP contribution in [0, 0.1) is 6.92 Å². The Labute approximate surface area is 151 Å². The maximum atomic E-state index is 12.5. The summed E-state index contributed by atoms with van der Waals surface area (Å²) in [5, 5.41) is 7.03. The van der Waals surface area contributed by atoms with Gasteiger partial charge in [0.2, 0.25) is 5.91 Å². The monoisotopic (exact) mass is 354 g/mol. The molecule has 1 spiro atoms. The molecule has 1 saturated heterocycles. The number of para-hydroxylation sites is 1.